The third-order valence-corrected chi connectivity index (χ3v) is 2.09. The highest BCUT2D eigenvalue weighted by Gasteiger charge is 2.08. The van der Waals surface area contributed by atoms with E-state index in [4.69, 9.17) is 11.5 Å². The molecule has 0 radical (unpaired) electrons. The second-order valence-electron chi connectivity index (χ2n) is 3.10. The molecule has 0 atom stereocenters. The van der Waals surface area contributed by atoms with Crippen LogP contribution in [0.15, 0.2) is 12.4 Å². The van der Waals surface area contributed by atoms with E-state index in [1.54, 1.807) is 0 Å². The molecule has 0 spiro atoms. The summed E-state index contributed by atoms with van der Waals surface area (Å²) in [7, 11) is 0. The molecular weight excluding hydrogens is 206 g/mol. The van der Waals surface area contributed by atoms with Gasteiger partial charge in [-0.2, -0.15) is 0 Å². The lowest BCUT2D eigenvalue weighted by Crippen LogP contribution is -2.25. The molecule has 0 amide bonds. The zero-order chi connectivity index (χ0) is 12.0. The Balaban J connectivity index is 2.78. The summed E-state index contributed by atoms with van der Waals surface area (Å²) in [5, 5.41) is 8.67. The molecule has 0 aliphatic rings. The summed E-state index contributed by atoms with van der Waals surface area (Å²) in [6.45, 7) is 3.42. The molecule has 1 rings (SSSR count). The molecule has 0 fully saturated rings. The number of hydrogen-bond donors (Lipinski definition) is 1. The standard InChI is InChI=1S/C11H13N3O2/c1-3-5-6-14(4-2)10-8-12-9(7-13-10)11(15)16/h1,7-8H,4-6H2,2H3,(H,15,16). The SMILES string of the molecule is C#CCCN(CC)c1cnc(C(=O)O)cn1. The number of aromatic carboxylic acids is 1. The fourth-order valence-corrected chi connectivity index (χ4v) is 1.23. The number of carbonyl (C=O) groups is 1. The first-order valence-corrected chi connectivity index (χ1v) is 4.92. The van der Waals surface area contributed by atoms with E-state index < -0.39 is 5.97 Å². The molecule has 0 aliphatic heterocycles. The number of anilines is 1. The summed E-state index contributed by atoms with van der Waals surface area (Å²) in [6.07, 6.45) is 8.50. The molecule has 0 unspecified atom stereocenters. The molecule has 5 nitrogen and oxygen atoms in total. The lowest BCUT2D eigenvalue weighted by atomic mass is 10.3. The highest BCUT2D eigenvalue weighted by Crippen LogP contribution is 2.08. The molecule has 0 aromatic carbocycles. The van der Waals surface area contributed by atoms with Gasteiger partial charge in [0.05, 0.1) is 12.4 Å². The monoisotopic (exact) mass is 219 g/mol. The molecule has 0 saturated carbocycles. The fraction of sp³-hybridized carbons (Fsp3) is 0.364. The van der Waals surface area contributed by atoms with E-state index in [2.05, 4.69) is 15.9 Å². The van der Waals surface area contributed by atoms with Crippen LogP contribution >= 0.6 is 0 Å². The van der Waals surface area contributed by atoms with Crippen molar-refractivity contribution >= 4 is 11.8 Å². The number of aromatic nitrogens is 2. The van der Waals surface area contributed by atoms with Crippen molar-refractivity contribution in [2.75, 3.05) is 18.0 Å². The molecule has 0 saturated heterocycles. The van der Waals surface area contributed by atoms with Gasteiger partial charge in [-0.3, -0.25) is 0 Å². The Hall–Kier alpha value is -2.09. The van der Waals surface area contributed by atoms with Crippen LogP contribution in [0.2, 0.25) is 0 Å². The first-order chi connectivity index (χ1) is 7.69. The lowest BCUT2D eigenvalue weighted by molar-refractivity contribution is 0.0690. The van der Waals surface area contributed by atoms with Gasteiger partial charge in [-0.15, -0.1) is 12.3 Å². The number of carboxylic acid groups (broad SMARTS) is 1. The smallest absolute Gasteiger partial charge is 0.356 e. The third kappa shape index (κ3) is 2.95. The maximum atomic E-state index is 10.6. The van der Waals surface area contributed by atoms with Crippen molar-refractivity contribution in [2.24, 2.45) is 0 Å². The van der Waals surface area contributed by atoms with Crippen LogP contribution in [0.4, 0.5) is 5.82 Å². The van der Waals surface area contributed by atoms with E-state index >= 15 is 0 Å². The lowest BCUT2D eigenvalue weighted by Gasteiger charge is -2.20. The minimum absolute atomic E-state index is 0.0586. The zero-order valence-corrected chi connectivity index (χ0v) is 9.05. The highest BCUT2D eigenvalue weighted by molar-refractivity contribution is 5.84. The molecule has 5 heteroatoms. The van der Waals surface area contributed by atoms with Gasteiger partial charge in [0.1, 0.15) is 5.82 Å². The van der Waals surface area contributed by atoms with Gasteiger partial charge in [-0.05, 0) is 6.92 Å². The first-order valence-electron chi connectivity index (χ1n) is 4.92. The minimum atomic E-state index is -1.08. The van der Waals surface area contributed by atoms with Crippen molar-refractivity contribution in [2.45, 2.75) is 13.3 Å². The van der Waals surface area contributed by atoms with Crippen molar-refractivity contribution in [3.63, 3.8) is 0 Å². The van der Waals surface area contributed by atoms with Crippen LogP contribution in [-0.2, 0) is 0 Å². The average molecular weight is 219 g/mol. The molecular formula is C11H13N3O2. The summed E-state index contributed by atoms with van der Waals surface area (Å²) in [5.41, 5.74) is -0.0586. The molecule has 1 aromatic heterocycles. The second kappa shape index (κ2) is 5.71. The van der Waals surface area contributed by atoms with Crippen LogP contribution in [0.1, 0.15) is 23.8 Å². The van der Waals surface area contributed by atoms with Crippen LogP contribution in [0.25, 0.3) is 0 Å². The number of rotatable bonds is 5. The number of hydrogen-bond acceptors (Lipinski definition) is 4. The van der Waals surface area contributed by atoms with Gasteiger partial charge >= 0.3 is 5.97 Å². The van der Waals surface area contributed by atoms with E-state index in [1.165, 1.54) is 12.4 Å². The van der Waals surface area contributed by atoms with Crippen molar-refractivity contribution < 1.29 is 9.90 Å². The fourth-order valence-electron chi connectivity index (χ4n) is 1.23. The first kappa shape index (κ1) is 12.0. The molecule has 84 valence electrons. The van der Waals surface area contributed by atoms with E-state index in [0.717, 1.165) is 6.54 Å². The Morgan fingerprint density at radius 2 is 2.31 bits per heavy atom. The normalized spacial score (nSPS) is 9.50. The van der Waals surface area contributed by atoms with E-state index in [9.17, 15) is 4.79 Å². The van der Waals surface area contributed by atoms with Crippen molar-refractivity contribution in [3.8, 4) is 12.3 Å². The van der Waals surface area contributed by atoms with Crippen LogP contribution < -0.4 is 4.90 Å². The Morgan fingerprint density at radius 3 is 2.75 bits per heavy atom. The summed E-state index contributed by atoms with van der Waals surface area (Å²) in [5.74, 6) is 2.11. The summed E-state index contributed by atoms with van der Waals surface area (Å²) in [4.78, 5) is 20.4. The van der Waals surface area contributed by atoms with Gasteiger partial charge in [0.2, 0.25) is 0 Å². The van der Waals surface area contributed by atoms with Gasteiger partial charge in [-0.1, -0.05) is 0 Å². The molecule has 0 bridgehead atoms. The molecule has 16 heavy (non-hydrogen) atoms. The van der Waals surface area contributed by atoms with Crippen LogP contribution in [0.5, 0.6) is 0 Å². The second-order valence-corrected chi connectivity index (χ2v) is 3.10. The minimum Gasteiger partial charge on any atom is -0.476 e. The number of terminal acetylenes is 1. The van der Waals surface area contributed by atoms with Gasteiger partial charge in [0.25, 0.3) is 0 Å². The summed E-state index contributed by atoms with van der Waals surface area (Å²) in [6, 6.07) is 0. The maximum Gasteiger partial charge on any atom is 0.356 e. The van der Waals surface area contributed by atoms with Gasteiger partial charge in [-0.25, -0.2) is 14.8 Å². The molecule has 1 N–H and O–H groups in total. The molecule has 1 aromatic rings. The zero-order valence-electron chi connectivity index (χ0n) is 9.05. The Labute approximate surface area is 94.1 Å². The Morgan fingerprint density at radius 1 is 1.56 bits per heavy atom. The average Bonchev–Trinajstić information content (AvgIpc) is 2.30. The largest absolute Gasteiger partial charge is 0.476 e. The topological polar surface area (TPSA) is 66.3 Å². The van der Waals surface area contributed by atoms with Crippen molar-refractivity contribution in [3.05, 3.63) is 18.1 Å². The van der Waals surface area contributed by atoms with Gasteiger partial charge in [0.15, 0.2) is 5.69 Å². The molecule has 1 heterocycles. The number of nitrogens with zero attached hydrogens (tertiary/aromatic N) is 3. The summed E-state index contributed by atoms with van der Waals surface area (Å²) < 4.78 is 0. The van der Waals surface area contributed by atoms with Crippen molar-refractivity contribution in [1.82, 2.24) is 9.97 Å². The maximum absolute atomic E-state index is 10.6. The highest BCUT2D eigenvalue weighted by atomic mass is 16.4. The van der Waals surface area contributed by atoms with Crippen LogP contribution in [0, 0.1) is 12.3 Å². The van der Waals surface area contributed by atoms with Crippen LogP contribution in [0.3, 0.4) is 0 Å². The van der Waals surface area contributed by atoms with Gasteiger partial charge < -0.3 is 10.0 Å². The Kier molecular flexibility index (Phi) is 4.28. The van der Waals surface area contributed by atoms with Crippen molar-refractivity contribution in [1.29, 1.82) is 0 Å². The van der Waals surface area contributed by atoms with Gasteiger partial charge in [0, 0.05) is 19.5 Å². The van der Waals surface area contributed by atoms with E-state index in [-0.39, 0.29) is 5.69 Å². The van der Waals surface area contributed by atoms with E-state index in [1.807, 2.05) is 11.8 Å². The quantitative estimate of drug-likeness (QED) is 0.749. The third-order valence-electron chi connectivity index (χ3n) is 2.09. The number of carboxylic acids is 1. The predicted octanol–water partition coefficient (Wildman–Crippen LogP) is 1.02. The van der Waals surface area contributed by atoms with E-state index in [0.29, 0.717) is 18.8 Å². The summed E-state index contributed by atoms with van der Waals surface area (Å²) >= 11 is 0. The predicted molar refractivity (Wildman–Crippen MR) is 60.3 cm³/mol. The molecule has 0 aliphatic carbocycles. The van der Waals surface area contributed by atoms with Crippen LogP contribution in [-0.4, -0.2) is 34.1 Å². The Bertz CT molecular complexity index is 395.